The van der Waals surface area contributed by atoms with E-state index in [9.17, 15) is 0 Å². The fourth-order valence-electron chi connectivity index (χ4n) is 1.96. The standard InChI is InChI=1S/C13H13N7/c1-15-6-7-19-8-12(14)16-13(9-19)20-11-5-3-2-4-10(11)17-18-20/h2-7,9H,1,8H2,(H2,14,16)/b7-6-. The lowest BCUT2D eigenvalue weighted by Crippen LogP contribution is -2.31. The quantitative estimate of drug-likeness (QED) is 0.842. The predicted molar refractivity (Wildman–Crippen MR) is 78.8 cm³/mol. The highest BCUT2D eigenvalue weighted by Gasteiger charge is 2.14. The summed E-state index contributed by atoms with van der Waals surface area (Å²) in [6.45, 7) is 3.90. The van der Waals surface area contributed by atoms with E-state index in [1.54, 1.807) is 17.1 Å². The summed E-state index contributed by atoms with van der Waals surface area (Å²) in [4.78, 5) is 9.87. The molecule has 0 aliphatic carbocycles. The molecule has 0 saturated heterocycles. The van der Waals surface area contributed by atoms with Crippen molar-refractivity contribution in [2.24, 2.45) is 15.7 Å². The Bertz CT molecular complexity index is 738. The zero-order valence-corrected chi connectivity index (χ0v) is 10.7. The molecule has 0 radical (unpaired) electrons. The molecule has 1 aromatic carbocycles. The second-order valence-electron chi connectivity index (χ2n) is 4.23. The predicted octanol–water partition coefficient (Wildman–Crippen LogP) is 1.03. The molecule has 1 aliphatic rings. The summed E-state index contributed by atoms with van der Waals surface area (Å²) in [5.74, 6) is 1.10. The number of fused-ring (bicyclic) bond motifs is 1. The maximum atomic E-state index is 5.86. The molecule has 7 heteroatoms. The smallest absolute Gasteiger partial charge is 0.174 e. The van der Waals surface area contributed by atoms with Gasteiger partial charge in [0.25, 0.3) is 0 Å². The highest BCUT2D eigenvalue weighted by molar-refractivity contribution is 5.89. The summed E-state index contributed by atoms with van der Waals surface area (Å²) in [7, 11) is 0. The SMILES string of the molecule is C=N/C=C\N1C=C(n2nnc3ccccc32)N=C(N)C1. The molecule has 0 unspecified atom stereocenters. The van der Waals surface area contributed by atoms with Crippen LogP contribution in [0.15, 0.2) is 52.9 Å². The van der Waals surface area contributed by atoms with Gasteiger partial charge in [0.15, 0.2) is 5.82 Å². The van der Waals surface area contributed by atoms with E-state index in [2.05, 4.69) is 27.0 Å². The third kappa shape index (κ3) is 2.16. The fraction of sp³-hybridized carbons (Fsp3) is 0.0769. The molecule has 0 amide bonds. The minimum atomic E-state index is 0.496. The maximum Gasteiger partial charge on any atom is 0.174 e. The Balaban J connectivity index is 2.05. The zero-order chi connectivity index (χ0) is 13.9. The molecule has 0 atom stereocenters. The van der Waals surface area contributed by atoms with Crippen LogP contribution in [0.25, 0.3) is 16.9 Å². The third-order valence-electron chi connectivity index (χ3n) is 2.82. The van der Waals surface area contributed by atoms with Gasteiger partial charge in [-0.05, 0) is 18.9 Å². The Morgan fingerprint density at radius 3 is 3.05 bits per heavy atom. The van der Waals surface area contributed by atoms with E-state index >= 15 is 0 Å². The molecule has 3 rings (SSSR count). The van der Waals surface area contributed by atoms with Crippen LogP contribution < -0.4 is 5.73 Å². The van der Waals surface area contributed by atoms with Crippen molar-refractivity contribution in [3.8, 4) is 0 Å². The molecule has 0 bridgehead atoms. The van der Waals surface area contributed by atoms with Gasteiger partial charge in [0, 0.05) is 18.6 Å². The van der Waals surface area contributed by atoms with Gasteiger partial charge in [0.05, 0.1) is 12.1 Å². The summed E-state index contributed by atoms with van der Waals surface area (Å²) < 4.78 is 1.66. The monoisotopic (exact) mass is 267 g/mol. The molecule has 0 saturated carbocycles. The molecule has 2 N–H and O–H groups in total. The highest BCUT2D eigenvalue weighted by atomic mass is 15.5. The molecule has 20 heavy (non-hydrogen) atoms. The van der Waals surface area contributed by atoms with Gasteiger partial charge >= 0.3 is 0 Å². The fourth-order valence-corrected chi connectivity index (χ4v) is 1.96. The second kappa shape index (κ2) is 4.96. The van der Waals surface area contributed by atoms with Crippen LogP contribution >= 0.6 is 0 Å². The highest BCUT2D eigenvalue weighted by Crippen LogP contribution is 2.18. The molecule has 7 nitrogen and oxygen atoms in total. The molecule has 1 aliphatic heterocycles. The summed E-state index contributed by atoms with van der Waals surface area (Å²) in [5.41, 5.74) is 7.55. The summed E-state index contributed by atoms with van der Waals surface area (Å²) in [6.07, 6.45) is 5.19. The van der Waals surface area contributed by atoms with E-state index in [0.717, 1.165) is 11.0 Å². The van der Waals surface area contributed by atoms with Crippen molar-refractivity contribution in [1.82, 2.24) is 19.9 Å². The largest absolute Gasteiger partial charge is 0.386 e. The molecule has 0 fully saturated rings. The first-order chi connectivity index (χ1) is 9.78. The number of hydrogen-bond donors (Lipinski definition) is 1. The number of aromatic nitrogens is 3. The molecule has 2 heterocycles. The topological polar surface area (TPSA) is 84.7 Å². The first-order valence-corrected chi connectivity index (χ1v) is 6.02. The average Bonchev–Trinajstić information content (AvgIpc) is 2.88. The minimum Gasteiger partial charge on any atom is -0.386 e. The third-order valence-corrected chi connectivity index (χ3v) is 2.82. The van der Waals surface area contributed by atoms with E-state index in [1.807, 2.05) is 35.4 Å². The summed E-state index contributed by atoms with van der Waals surface area (Å²) in [5, 5.41) is 8.22. The van der Waals surface area contributed by atoms with E-state index in [-0.39, 0.29) is 0 Å². The lowest BCUT2D eigenvalue weighted by molar-refractivity contribution is 0.565. The van der Waals surface area contributed by atoms with Crippen LogP contribution in [0.2, 0.25) is 0 Å². The van der Waals surface area contributed by atoms with Gasteiger partial charge in [-0.15, -0.1) is 5.10 Å². The lowest BCUT2D eigenvalue weighted by atomic mass is 10.3. The number of nitrogens with two attached hydrogens (primary N) is 1. The van der Waals surface area contributed by atoms with Gasteiger partial charge in [-0.1, -0.05) is 17.3 Å². The van der Waals surface area contributed by atoms with Crippen molar-refractivity contribution in [2.45, 2.75) is 0 Å². The number of aliphatic imine (C=N–C) groups is 2. The Morgan fingerprint density at radius 2 is 2.20 bits per heavy atom. The van der Waals surface area contributed by atoms with E-state index in [4.69, 9.17) is 5.73 Å². The Labute approximate surface area is 115 Å². The van der Waals surface area contributed by atoms with Gasteiger partial charge in [-0.2, -0.15) is 4.68 Å². The Morgan fingerprint density at radius 1 is 1.35 bits per heavy atom. The van der Waals surface area contributed by atoms with Crippen molar-refractivity contribution in [1.29, 1.82) is 0 Å². The van der Waals surface area contributed by atoms with Crippen molar-refractivity contribution < 1.29 is 0 Å². The first-order valence-electron chi connectivity index (χ1n) is 6.02. The van der Waals surface area contributed by atoms with Crippen LogP contribution in [0.1, 0.15) is 0 Å². The average molecular weight is 267 g/mol. The zero-order valence-electron chi connectivity index (χ0n) is 10.7. The van der Waals surface area contributed by atoms with Crippen LogP contribution in [0.5, 0.6) is 0 Å². The van der Waals surface area contributed by atoms with Crippen molar-refractivity contribution in [3.05, 3.63) is 42.9 Å². The minimum absolute atomic E-state index is 0.496. The number of benzene rings is 1. The molecule has 1 aromatic heterocycles. The summed E-state index contributed by atoms with van der Waals surface area (Å²) in [6, 6.07) is 7.67. The van der Waals surface area contributed by atoms with Crippen LogP contribution in [-0.2, 0) is 0 Å². The van der Waals surface area contributed by atoms with Crippen LogP contribution in [-0.4, -0.2) is 39.0 Å². The Hall–Kier alpha value is -2.96. The van der Waals surface area contributed by atoms with E-state index < -0.39 is 0 Å². The molecular weight excluding hydrogens is 254 g/mol. The number of hydrogen-bond acceptors (Lipinski definition) is 6. The van der Waals surface area contributed by atoms with Gasteiger partial charge in [-0.3, -0.25) is 4.99 Å². The van der Waals surface area contributed by atoms with Crippen LogP contribution in [0.3, 0.4) is 0 Å². The van der Waals surface area contributed by atoms with Crippen molar-refractivity contribution in [2.75, 3.05) is 6.54 Å². The number of nitrogens with zero attached hydrogens (tertiary/aromatic N) is 6. The number of rotatable bonds is 3. The molecular formula is C13H13N7. The molecule has 100 valence electrons. The maximum absolute atomic E-state index is 5.86. The normalized spacial score (nSPS) is 15.5. The Kier molecular flexibility index (Phi) is 3.00. The van der Waals surface area contributed by atoms with Gasteiger partial charge < -0.3 is 10.6 Å². The van der Waals surface area contributed by atoms with Crippen molar-refractivity contribution in [3.63, 3.8) is 0 Å². The van der Waals surface area contributed by atoms with Crippen LogP contribution in [0, 0.1) is 0 Å². The second-order valence-corrected chi connectivity index (χ2v) is 4.23. The molecule has 2 aromatic rings. The van der Waals surface area contributed by atoms with Crippen LogP contribution in [0.4, 0.5) is 0 Å². The van der Waals surface area contributed by atoms with E-state index in [1.165, 1.54) is 0 Å². The van der Waals surface area contributed by atoms with Crippen molar-refractivity contribution >= 4 is 29.4 Å². The number of amidine groups is 1. The number of para-hydroxylation sites is 1. The first kappa shape index (κ1) is 12.1. The van der Waals surface area contributed by atoms with Gasteiger partial charge in [0.2, 0.25) is 0 Å². The molecule has 0 spiro atoms. The van der Waals surface area contributed by atoms with Gasteiger partial charge in [-0.25, -0.2) is 4.99 Å². The summed E-state index contributed by atoms with van der Waals surface area (Å²) >= 11 is 0. The van der Waals surface area contributed by atoms with E-state index in [0.29, 0.717) is 18.2 Å². The van der Waals surface area contributed by atoms with Gasteiger partial charge in [0.1, 0.15) is 11.4 Å². The lowest BCUT2D eigenvalue weighted by Gasteiger charge is -2.20.